The van der Waals surface area contributed by atoms with E-state index in [1.165, 1.54) is 41.2 Å². The molecule has 3 atom stereocenters. The molecule has 0 nitrogen and oxygen atoms in total. The van der Waals surface area contributed by atoms with E-state index in [0.29, 0.717) is 16.2 Å². The van der Waals surface area contributed by atoms with Crippen LogP contribution in [0.25, 0.3) is 20.2 Å². The molecule has 23 heavy (non-hydrogen) atoms. The standard InChI is InChI=1S/C22H22S/c1-20-9-6-10-21(2)18-17(22(21,3)12-20)15(20)11-14-13-7-4-5-8-16(13)23-19(14)18/h4-5,7-8,11H,6,9-10,12H2,1-3H3. The van der Waals surface area contributed by atoms with Crippen LogP contribution in [0, 0.1) is 0 Å². The third-order valence-electron chi connectivity index (χ3n) is 7.79. The topological polar surface area (TPSA) is 0 Å². The highest BCUT2D eigenvalue weighted by atomic mass is 32.1. The van der Waals surface area contributed by atoms with Crippen LogP contribution in [0.1, 0.15) is 63.1 Å². The summed E-state index contributed by atoms with van der Waals surface area (Å²) >= 11 is 2.03. The normalized spacial score (nSPS) is 37.2. The van der Waals surface area contributed by atoms with Gasteiger partial charge in [0.2, 0.25) is 0 Å². The monoisotopic (exact) mass is 318 g/mol. The summed E-state index contributed by atoms with van der Waals surface area (Å²) in [5.74, 6) is 0. The zero-order valence-electron chi connectivity index (χ0n) is 14.1. The molecule has 1 saturated carbocycles. The van der Waals surface area contributed by atoms with Gasteiger partial charge in [0.15, 0.2) is 0 Å². The van der Waals surface area contributed by atoms with Gasteiger partial charge in [-0.1, -0.05) is 45.4 Å². The van der Waals surface area contributed by atoms with E-state index in [-0.39, 0.29) is 0 Å². The summed E-state index contributed by atoms with van der Waals surface area (Å²) in [6.45, 7) is 7.67. The first-order chi connectivity index (χ1) is 11.0. The third kappa shape index (κ3) is 1.16. The van der Waals surface area contributed by atoms with Crippen molar-refractivity contribution in [2.75, 3.05) is 0 Å². The van der Waals surface area contributed by atoms with Gasteiger partial charge in [0.1, 0.15) is 0 Å². The Hall–Kier alpha value is -1.34. The summed E-state index contributed by atoms with van der Waals surface area (Å²) in [5, 5.41) is 3.00. The fourth-order valence-electron chi connectivity index (χ4n) is 6.54. The fourth-order valence-corrected chi connectivity index (χ4v) is 7.90. The summed E-state index contributed by atoms with van der Waals surface area (Å²) < 4.78 is 3.05. The average molecular weight is 318 g/mol. The molecule has 3 unspecified atom stereocenters. The quantitative estimate of drug-likeness (QED) is 0.448. The average Bonchev–Trinajstić information content (AvgIpc) is 2.96. The summed E-state index contributed by atoms with van der Waals surface area (Å²) in [6, 6.07) is 11.6. The van der Waals surface area contributed by atoms with Crippen LogP contribution in [0.15, 0.2) is 30.3 Å². The van der Waals surface area contributed by atoms with Crippen LogP contribution in [-0.4, -0.2) is 0 Å². The lowest BCUT2D eigenvalue weighted by Gasteiger charge is -2.56. The molecular formula is C22H22S. The Kier molecular flexibility index (Phi) is 1.99. The van der Waals surface area contributed by atoms with E-state index in [4.69, 9.17) is 0 Å². The summed E-state index contributed by atoms with van der Waals surface area (Å²) in [5.41, 5.74) is 6.41. The lowest BCUT2D eigenvalue weighted by Crippen LogP contribution is -2.53. The molecule has 0 aliphatic heterocycles. The molecule has 0 spiro atoms. The van der Waals surface area contributed by atoms with Gasteiger partial charge in [-0.2, -0.15) is 0 Å². The Labute approximate surface area is 141 Å². The van der Waals surface area contributed by atoms with Crippen molar-refractivity contribution < 1.29 is 0 Å². The predicted octanol–water partition coefficient (Wildman–Crippen LogP) is 6.43. The van der Waals surface area contributed by atoms with Gasteiger partial charge >= 0.3 is 0 Å². The molecule has 3 aliphatic carbocycles. The highest BCUT2D eigenvalue weighted by molar-refractivity contribution is 7.26. The van der Waals surface area contributed by atoms with Crippen LogP contribution in [-0.2, 0) is 16.2 Å². The number of hydrogen-bond donors (Lipinski definition) is 0. The van der Waals surface area contributed by atoms with E-state index in [0.717, 1.165) is 0 Å². The number of rotatable bonds is 0. The Morgan fingerprint density at radius 1 is 0.913 bits per heavy atom. The van der Waals surface area contributed by atoms with Crippen LogP contribution in [0.4, 0.5) is 0 Å². The van der Waals surface area contributed by atoms with Gasteiger partial charge in [-0.05, 0) is 53.5 Å². The second-order valence-corrected chi connectivity index (χ2v) is 9.96. The van der Waals surface area contributed by atoms with Gasteiger partial charge in [0, 0.05) is 31.0 Å². The van der Waals surface area contributed by atoms with E-state index < -0.39 is 0 Å². The molecule has 2 bridgehead atoms. The Bertz CT molecular complexity index is 1030. The van der Waals surface area contributed by atoms with Gasteiger partial charge in [0.05, 0.1) is 0 Å². The molecule has 3 aliphatic rings. The van der Waals surface area contributed by atoms with E-state index in [9.17, 15) is 0 Å². The number of benzene rings is 2. The minimum atomic E-state index is 0.395. The minimum Gasteiger partial charge on any atom is -0.135 e. The van der Waals surface area contributed by atoms with E-state index in [1.807, 2.05) is 11.3 Å². The summed E-state index contributed by atoms with van der Waals surface area (Å²) in [4.78, 5) is 0. The fraction of sp³-hybridized carbons (Fsp3) is 0.455. The maximum absolute atomic E-state index is 2.59. The maximum atomic E-state index is 2.59. The smallest absolute Gasteiger partial charge is 0.0396 e. The second kappa shape index (κ2) is 3.52. The molecule has 0 saturated heterocycles. The van der Waals surface area contributed by atoms with E-state index >= 15 is 0 Å². The van der Waals surface area contributed by atoms with Crippen LogP contribution in [0.2, 0.25) is 0 Å². The molecule has 0 amide bonds. The van der Waals surface area contributed by atoms with E-state index in [1.54, 1.807) is 21.4 Å². The summed E-state index contributed by atoms with van der Waals surface area (Å²) in [6.07, 6.45) is 5.50. The van der Waals surface area contributed by atoms with Crippen molar-refractivity contribution in [3.63, 3.8) is 0 Å². The molecule has 1 fully saturated rings. The Morgan fingerprint density at radius 2 is 1.74 bits per heavy atom. The molecule has 1 heteroatoms. The van der Waals surface area contributed by atoms with Gasteiger partial charge in [-0.3, -0.25) is 0 Å². The molecule has 1 heterocycles. The predicted molar refractivity (Wildman–Crippen MR) is 99.9 cm³/mol. The third-order valence-corrected chi connectivity index (χ3v) is 8.99. The molecule has 2 aromatic carbocycles. The van der Waals surface area contributed by atoms with Crippen molar-refractivity contribution in [3.05, 3.63) is 47.0 Å². The molecule has 3 aromatic rings. The van der Waals surface area contributed by atoms with Crippen molar-refractivity contribution >= 4 is 31.5 Å². The van der Waals surface area contributed by atoms with Crippen molar-refractivity contribution in [2.24, 2.45) is 0 Å². The van der Waals surface area contributed by atoms with Crippen molar-refractivity contribution in [1.29, 1.82) is 0 Å². The van der Waals surface area contributed by atoms with Crippen molar-refractivity contribution in [2.45, 2.75) is 62.7 Å². The van der Waals surface area contributed by atoms with Gasteiger partial charge in [-0.15, -0.1) is 11.3 Å². The zero-order chi connectivity index (χ0) is 15.6. The van der Waals surface area contributed by atoms with Crippen LogP contribution in [0.3, 0.4) is 0 Å². The lowest BCUT2D eigenvalue weighted by atomic mass is 9.47. The first kappa shape index (κ1) is 13.0. The number of thiophene rings is 1. The SMILES string of the molecule is CC12CCCC3(C)c4c(c1cc1c4sc4ccccc41)C3(C)C2. The molecular weight excluding hydrogens is 296 g/mol. The van der Waals surface area contributed by atoms with Crippen LogP contribution < -0.4 is 0 Å². The van der Waals surface area contributed by atoms with Gasteiger partial charge in [-0.25, -0.2) is 0 Å². The number of fused-ring (bicyclic) bond motifs is 7. The minimum absolute atomic E-state index is 0.395. The highest BCUT2D eigenvalue weighted by Crippen LogP contribution is 2.73. The maximum Gasteiger partial charge on any atom is 0.0396 e. The largest absolute Gasteiger partial charge is 0.135 e. The van der Waals surface area contributed by atoms with Crippen molar-refractivity contribution in [1.82, 2.24) is 0 Å². The first-order valence-corrected chi connectivity index (χ1v) is 9.79. The van der Waals surface area contributed by atoms with Crippen LogP contribution in [0.5, 0.6) is 0 Å². The number of hydrogen-bond acceptors (Lipinski definition) is 1. The highest BCUT2D eigenvalue weighted by Gasteiger charge is 2.66. The molecule has 6 rings (SSSR count). The van der Waals surface area contributed by atoms with E-state index in [2.05, 4.69) is 51.1 Å². The Morgan fingerprint density at radius 3 is 2.61 bits per heavy atom. The van der Waals surface area contributed by atoms with Crippen LogP contribution >= 0.6 is 11.3 Å². The second-order valence-electron chi connectivity index (χ2n) is 8.90. The molecule has 0 radical (unpaired) electrons. The first-order valence-electron chi connectivity index (χ1n) is 8.98. The Balaban J connectivity index is 1.87. The molecule has 1 aromatic heterocycles. The van der Waals surface area contributed by atoms with Gasteiger partial charge < -0.3 is 0 Å². The lowest BCUT2D eigenvalue weighted by molar-refractivity contribution is 0.188. The molecule has 0 N–H and O–H groups in total. The zero-order valence-corrected chi connectivity index (χ0v) is 14.9. The molecule has 116 valence electrons. The van der Waals surface area contributed by atoms with Gasteiger partial charge in [0.25, 0.3) is 0 Å². The van der Waals surface area contributed by atoms with Crippen molar-refractivity contribution in [3.8, 4) is 0 Å². The summed E-state index contributed by atoms with van der Waals surface area (Å²) in [7, 11) is 0.